The fourth-order valence-corrected chi connectivity index (χ4v) is 4.63. The Balaban J connectivity index is 1.44. The lowest BCUT2D eigenvalue weighted by Gasteiger charge is -2.36. The number of H-pyrrole nitrogens is 1. The molecule has 0 radical (unpaired) electrons. The molecule has 1 saturated heterocycles. The number of nitrogens with one attached hydrogen (secondary N) is 1. The van der Waals surface area contributed by atoms with E-state index in [0.29, 0.717) is 6.04 Å². The molecule has 0 atom stereocenters. The molecule has 0 unspecified atom stereocenters. The standard InChI is InChI=1S/C24H31N9/c1-15(2)20-21(18-10-17(5)23-27-14-28-33(23)13-18)29-30-22(20)19-11-25-24(26-12-19)32-8-6-31(7-9-32)16(3)4/h10-16H,6-9H2,1-5H3,(H,29,30). The predicted molar refractivity (Wildman–Crippen MR) is 129 cm³/mol. The summed E-state index contributed by atoms with van der Waals surface area (Å²) in [4.78, 5) is 18.5. The zero-order valence-electron chi connectivity index (χ0n) is 19.9. The van der Waals surface area contributed by atoms with E-state index in [0.717, 1.165) is 71.4 Å². The Bertz CT molecular complexity index is 1240. The normalized spacial score (nSPS) is 15.3. The van der Waals surface area contributed by atoms with Crippen molar-refractivity contribution in [3.05, 3.63) is 42.1 Å². The number of pyridine rings is 1. The zero-order valence-corrected chi connectivity index (χ0v) is 19.9. The van der Waals surface area contributed by atoms with Gasteiger partial charge in [-0.15, -0.1) is 0 Å². The monoisotopic (exact) mass is 445 g/mol. The second kappa shape index (κ2) is 8.55. The molecular weight excluding hydrogens is 414 g/mol. The van der Waals surface area contributed by atoms with Gasteiger partial charge in [-0.25, -0.2) is 19.5 Å². The highest BCUT2D eigenvalue weighted by Crippen LogP contribution is 2.35. The fourth-order valence-electron chi connectivity index (χ4n) is 4.63. The van der Waals surface area contributed by atoms with Gasteiger partial charge in [0.1, 0.15) is 6.33 Å². The summed E-state index contributed by atoms with van der Waals surface area (Å²) in [5.74, 6) is 1.06. The summed E-state index contributed by atoms with van der Waals surface area (Å²) in [5.41, 5.74) is 6.93. The van der Waals surface area contributed by atoms with Crippen molar-refractivity contribution < 1.29 is 0 Å². The van der Waals surface area contributed by atoms with Gasteiger partial charge >= 0.3 is 0 Å². The average molecular weight is 446 g/mol. The second-order valence-corrected chi connectivity index (χ2v) is 9.34. The summed E-state index contributed by atoms with van der Waals surface area (Å²) in [6, 6.07) is 2.71. The lowest BCUT2D eigenvalue weighted by molar-refractivity contribution is 0.208. The average Bonchev–Trinajstić information content (AvgIpc) is 3.47. The lowest BCUT2D eigenvalue weighted by atomic mass is 9.95. The molecule has 4 aromatic rings. The zero-order chi connectivity index (χ0) is 23.1. The summed E-state index contributed by atoms with van der Waals surface area (Å²) < 4.78 is 1.81. The minimum atomic E-state index is 0.268. The van der Waals surface area contributed by atoms with Gasteiger partial charge in [0, 0.05) is 67.5 Å². The van der Waals surface area contributed by atoms with E-state index < -0.39 is 0 Å². The summed E-state index contributed by atoms with van der Waals surface area (Å²) in [7, 11) is 0. The smallest absolute Gasteiger partial charge is 0.225 e. The van der Waals surface area contributed by atoms with Crippen LogP contribution in [0.25, 0.3) is 28.2 Å². The molecule has 9 heteroatoms. The summed E-state index contributed by atoms with van der Waals surface area (Å²) in [5, 5.41) is 12.3. The van der Waals surface area contributed by atoms with E-state index in [2.05, 4.69) is 63.8 Å². The number of anilines is 1. The van der Waals surface area contributed by atoms with Crippen LogP contribution in [0.4, 0.5) is 5.95 Å². The van der Waals surface area contributed by atoms with E-state index in [1.54, 1.807) is 6.33 Å². The first-order valence-corrected chi connectivity index (χ1v) is 11.6. The number of hydrogen-bond donors (Lipinski definition) is 1. The van der Waals surface area contributed by atoms with Crippen molar-refractivity contribution in [3.63, 3.8) is 0 Å². The van der Waals surface area contributed by atoms with Crippen molar-refractivity contribution >= 4 is 11.6 Å². The van der Waals surface area contributed by atoms with E-state index in [-0.39, 0.29) is 5.92 Å². The number of aryl methyl sites for hydroxylation is 1. The van der Waals surface area contributed by atoms with Gasteiger partial charge in [0.05, 0.1) is 11.4 Å². The predicted octanol–water partition coefficient (Wildman–Crippen LogP) is 3.54. The molecule has 0 aromatic carbocycles. The van der Waals surface area contributed by atoms with Crippen LogP contribution in [0.15, 0.2) is 31.0 Å². The lowest BCUT2D eigenvalue weighted by Crippen LogP contribution is -2.49. The number of piperazine rings is 1. The Hall–Kier alpha value is -3.33. The molecule has 0 saturated carbocycles. The minimum Gasteiger partial charge on any atom is -0.338 e. The van der Waals surface area contributed by atoms with Crippen LogP contribution < -0.4 is 4.90 Å². The van der Waals surface area contributed by atoms with Crippen LogP contribution >= 0.6 is 0 Å². The summed E-state index contributed by atoms with van der Waals surface area (Å²) >= 11 is 0. The summed E-state index contributed by atoms with van der Waals surface area (Å²) in [6.45, 7) is 14.9. The number of fused-ring (bicyclic) bond motifs is 1. The van der Waals surface area contributed by atoms with E-state index in [9.17, 15) is 0 Å². The van der Waals surface area contributed by atoms with Gasteiger partial charge in [0.15, 0.2) is 5.65 Å². The maximum Gasteiger partial charge on any atom is 0.225 e. The Labute approximate surface area is 193 Å². The molecule has 9 nitrogen and oxygen atoms in total. The second-order valence-electron chi connectivity index (χ2n) is 9.34. The van der Waals surface area contributed by atoms with Crippen LogP contribution in [-0.2, 0) is 0 Å². The van der Waals surface area contributed by atoms with E-state index in [1.165, 1.54) is 0 Å². The maximum absolute atomic E-state index is 4.70. The maximum atomic E-state index is 4.70. The summed E-state index contributed by atoms with van der Waals surface area (Å²) in [6.07, 6.45) is 7.37. The molecule has 1 N–H and O–H groups in total. The first-order chi connectivity index (χ1) is 15.9. The number of rotatable bonds is 5. The Kier molecular flexibility index (Phi) is 5.57. The molecule has 33 heavy (non-hydrogen) atoms. The molecule has 0 amide bonds. The molecule has 1 fully saturated rings. The number of aromatic nitrogens is 7. The van der Waals surface area contributed by atoms with Crippen molar-refractivity contribution in [3.8, 4) is 22.5 Å². The van der Waals surface area contributed by atoms with Gasteiger partial charge < -0.3 is 4.90 Å². The Morgan fingerprint density at radius 2 is 1.67 bits per heavy atom. The van der Waals surface area contributed by atoms with E-state index in [4.69, 9.17) is 9.97 Å². The van der Waals surface area contributed by atoms with Crippen molar-refractivity contribution in [2.75, 3.05) is 31.1 Å². The van der Waals surface area contributed by atoms with Crippen LogP contribution in [0.5, 0.6) is 0 Å². The van der Waals surface area contributed by atoms with Crippen molar-refractivity contribution in [1.82, 2.24) is 39.7 Å². The highest BCUT2D eigenvalue weighted by molar-refractivity contribution is 5.75. The molecule has 1 aliphatic rings. The SMILES string of the molecule is Cc1cc(-c2[nH]nc(-c3cnc(N4CCN(C(C)C)CC4)nc3)c2C(C)C)cn2ncnc12. The third kappa shape index (κ3) is 3.97. The first kappa shape index (κ1) is 21.5. The van der Waals surface area contributed by atoms with Gasteiger partial charge in [-0.3, -0.25) is 10.00 Å². The largest absolute Gasteiger partial charge is 0.338 e. The van der Waals surface area contributed by atoms with Gasteiger partial charge in [-0.2, -0.15) is 10.2 Å². The third-order valence-electron chi connectivity index (χ3n) is 6.47. The molecular formula is C24H31N9. The third-order valence-corrected chi connectivity index (χ3v) is 6.47. The van der Waals surface area contributed by atoms with Crippen LogP contribution in [0.2, 0.25) is 0 Å². The van der Waals surface area contributed by atoms with Crippen LogP contribution in [0.3, 0.4) is 0 Å². The van der Waals surface area contributed by atoms with E-state index >= 15 is 0 Å². The fraction of sp³-hybridized carbons (Fsp3) is 0.458. The van der Waals surface area contributed by atoms with E-state index in [1.807, 2.05) is 30.0 Å². The topological polar surface area (TPSA) is 91.1 Å². The van der Waals surface area contributed by atoms with Gasteiger partial charge in [0.25, 0.3) is 0 Å². The van der Waals surface area contributed by atoms with Gasteiger partial charge in [0.2, 0.25) is 5.95 Å². The minimum absolute atomic E-state index is 0.268. The molecule has 0 spiro atoms. The number of aromatic amines is 1. The Morgan fingerprint density at radius 3 is 2.33 bits per heavy atom. The number of hydrogen-bond acceptors (Lipinski definition) is 7. The quantitative estimate of drug-likeness (QED) is 0.502. The van der Waals surface area contributed by atoms with Crippen LogP contribution in [0, 0.1) is 6.92 Å². The van der Waals surface area contributed by atoms with Crippen LogP contribution in [0.1, 0.15) is 44.7 Å². The van der Waals surface area contributed by atoms with Crippen molar-refractivity contribution in [2.24, 2.45) is 0 Å². The first-order valence-electron chi connectivity index (χ1n) is 11.6. The molecule has 0 aliphatic carbocycles. The van der Waals surface area contributed by atoms with Crippen molar-refractivity contribution in [2.45, 2.75) is 46.6 Å². The molecule has 1 aliphatic heterocycles. The van der Waals surface area contributed by atoms with Gasteiger partial charge in [-0.1, -0.05) is 13.8 Å². The molecule has 0 bridgehead atoms. The van der Waals surface area contributed by atoms with Crippen LogP contribution in [-0.4, -0.2) is 71.9 Å². The molecule has 5 heterocycles. The molecule has 5 rings (SSSR count). The Morgan fingerprint density at radius 1 is 0.939 bits per heavy atom. The highest BCUT2D eigenvalue weighted by Gasteiger charge is 2.23. The highest BCUT2D eigenvalue weighted by atomic mass is 15.3. The van der Waals surface area contributed by atoms with Crippen molar-refractivity contribution in [1.29, 1.82) is 0 Å². The van der Waals surface area contributed by atoms with Gasteiger partial charge in [-0.05, 0) is 38.3 Å². The number of nitrogens with zero attached hydrogens (tertiary/aromatic N) is 8. The molecule has 4 aromatic heterocycles. The molecule has 172 valence electrons.